The van der Waals surface area contributed by atoms with E-state index in [4.69, 9.17) is 5.11 Å². The van der Waals surface area contributed by atoms with Crippen molar-refractivity contribution >= 4 is 29.6 Å². The summed E-state index contributed by atoms with van der Waals surface area (Å²) < 4.78 is 0. The lowest BCUT2D eigenvalue weighted by atomic mass is 10.1. The van der Waals surface area contributed by atoms with Crippen LogP contribution in [-0.2, 0) is 30.4 Å². The molecular formula is C18H25N5O6. The van der Waals surface area contributed by atoms with Gasteiger partial charge in [-0.25, -0.2) is 0 Å². The van der Waals surface area contributed by atoms with Gasteiger partial charge in [-0.1, -0.05) is 30.3 Å². The van der Waals surface area contributed by atoms with Crippen molar-refractivity contribution in [1.82, 2.24) is 26.6 Å². The summed E-state index contributed by atoms with van der Waals surface area (Å²) in [6, 6.07) is 7.85. The second kappa shape index (κ2) is 12.8. The Labute approximate surface area is 167 Å². The molecule has 0 bridgehead atoms. The normalized spacial score (nSPS) is 11.1. The van der Waals surface area contributed by atoms with Gasteiger partial charge in [0.1, 0.15) is 12.6 Å². The van der Waals surface area contributed by atoms with E-state index in [1.54, 1.807) is 37.4 Å². The maximum Gasteiger partial charge on any atom is 0.322 e. The first-order valence-electron chi connectivity index (χ1n) is 8.82. The summed E-state index contributed by atoms with van der Waals surface area (Å²) in [5, 5.41) is 20.7. The number of nitrogens with one attached hydrogen (secondary N) is 5. The van der Waals surface area contributed by atoms with Gasteiger partial charge in [-0.3, -0.25) is 24.0 Å². The predicted octanol–water partition coefficient (Wildman–Crippen LogP) is -2.63. The number of benzene rings is 1. The maximum atomic E-state index is 12.2. The summed E-state index contributed by atoms with van der Waals surface area (Å²) in [6.45, 7) is -1.22. The van der Waals surface area contributed by atoms with Crippen LogP contribution in [0, 0.1) is 0 Å². The highest BCUT2D eigenvalue weighted by atomic mass is 16.4. The molecule has 0 saturated heterocycles. The van der Waals surface area contributed by atoms with Crippen LogP contribution in [0.2, 0.25) is 0 Å². The van der Waals surface area contributed by atoms with Crippen LogP contribution in [0.4, 0.5) is 0 Å². The van der Waals surface area contributed by atoms with Crippen molar-refractivity contribution in [2.24, 2.45) is 0 Å². The predicted molar refractivity (Wildman–Crippen MR) is 103 cm³/mol. The third-order valence-electron chi connectivity index (χ3n) is 3.58. The number of rotatable bonds is 12. The fourth-order valence-electron chi connectivity index (χ4n) is 2.23. The molecule has 0 saturated carbocycles. The van der Waals surface area contributed by atoms with E-state index in [1.165, 1.54) is 0 Å². The van der Waals surface area contributed by atoms with Crippen LogP contribution in [0.5, 0.6) is 0 Å². The van der Waals surface area contributed by atoms with Crippen LogP contribution in [0.25, 0.3) is 0 Å². The quantitative estimate of drug-likeness (QED) is 0.220. The molecule has 1 unspecified atom stereocenters. The standard InChI is InChI=1S/C18H25N5O6/c1-19-8-14(24)20-9-15(25)21-10-16(26)23-13(18(29)22-11-17(27)28)7-12-5-3-2-4-6-12/h2-6,13,19H,7-11H2,1H3,(H,20,24)(H,21,25)(H,22,29)(H,23,26)(H,27,28). The van der Waals surface area contributed by atoms with Gasteiger partial charge in [0.15, 0.2) is 0 Å². The van der Waals surface area contributed by atoms with Crippen molar-refractivity contribution in [3.05, 3.63) is 35.9 Å². The molecule has 29 heavy (non-hydrogen) atoms. The SMILES string of the molecule is CNCC(=O)NCC(=O)NCC(=O)NC(Cc1ccccc1)C(=O)NCC(=O)O. The second-order valence-electron chi connectivity index (χ2n) is 6.01. The molecule has 4 amide bonds. The summed E-state index contributed by atoms with van der Waals surface area (Å²) in [5.41, 5.74) is 0.763. The lowest BCUT2D eigenvalue weighted by Gasteiger charge is -2.18. The summed E-state index contributed by atoms with van der Waals surface area (Å²) in [6.07, 6.45) is 0.145. The van der Waals surface area contributed by atoms with Gasteiger partial charge >= 0.3 is 5.97 Å². The number of amides is 4. The number of carbonyl (C=O) groups excluding carboxylic acids is 4. The molecule has 1 rings (SSSR count). The minimum Gasteiger partial charge on any atom is -0.480 e. The fourth-order valence-corrected chi connectivity index (χ4v) is 2.23. The van der Waals surface area contributed by atoms with E-state index < -0.39 is 42.8 Å². The van der Waals surface area contributed by atoms with Crippen LogP contribution in [-0.4, -0.2) is 74.0 Å². The van der Waals surface area contributed by atoms with Crippen molar-refractivity contribution in [3.63, 3.8) is 0 Å². The number of carbonyl (C=O) groups is 5. The Morgan fingerprint density at radius 1 is 0.828 bits per heavy atom. The largest absolute Gasteiger partial charge is 0.480 e. The first-order chi connectivity index (χ1) is 13.8. The van der Waals surface area contributed by atoms with Gasteiger partial charge in [-0.05, 0) is 12.6 Å². The minimum absolute atomic E-state index is 0.0559. The van der Waals surface area contributed by atoms with E-state index in [0.717, 1.165) is 5.56 Å². The number of aliphatic carboxylic acids is 1. The van der Waals surface area contributed by atoms with Crippen molar-refractivity contribution in [2.75, 3.05) is 33.2 Å². The van der Waals surface area contributed by atoms with E-state index in [9.17, 15) is 24.0 Å². The van der Waals surface area contributed by atoms with E-state index in [-0.39, 0.29) is 25.4 Å². The van der Waals surface area contributed by atoms with Gasteiger partial charge in [0, 0.05) is 6.42 Å². The van der Waals surface area contributed by atoms with E-state index in [0.29, 0.717) is 0 Å². The third kappa shape index (κ3) is 10.4. The van der Waals surface area contributed by atoms with Crippen LogP contribution < -0.4 is 26.6 Å². The van der Waals surface area contributed by atoms with Gasteiger partial charge in [0.25, 0.3) is 0 Å². The molecule has 0 spiro atoms. The Morgan fingerprint density at radius 2 is 1.41 bits per heavy atom. The summed E-state index contributed by atoms with van der Waals surface area (Å²) >= 11 is 0. The van der Waals surface area contributed by atoms with Gasteiger partial charge in [0.05, 0.1) is 19.6 Å². The van der Waals surface area contributed by atoms with Crippen LogP contribution in [0.3, 0.4) is 0 Å². The number of hydrogen-bond acceptors (Lipinski definition) is 6. The zero-order chi connectivity index (χ0) is 21.6. The van der Waals surface area contributed by atoms with E-state index in [1.807, 2.05) is 0 Å². The Kier molecular flexibility index (Phi) is 10.4. The van der Waals surface area contributed by atoms with Crippen LogP contribution >= 0.6 is 0 Å². The summed E-state index contributed by atoms with van der Waals surface area (Å²) in [4.78, 5) is 57.9. The molecule has 0 aliphatic rings. The summed E-state index contributed by atoms with van der Waals surface area (Å²) in [5.74, 6) is -3.44. The number of carboxylic acid groups (broad SMARTS) is 1. The monoisotopic (exact) mass is 407 g/mol. The summed E-state index contributed by atoms with van der Waals surface area (Å²) in [7, 11) is 1.59. The first-order valence-corrected chi connectivity index (χ1v) is 8.82. The molecular weight excluding hydrogens is 382 g/mol. The molecule has 0 fully saturated rings. The molecule has 1 aromatic carbocycles. The van der Waals surface area contributed by atoms with Crippen molar-refractivity contribution in [3.8, 4) is 0 Å². The zero-order valence-corrected chi connectivity index (χ0v) is 16.0. The molecule has 11 heteroatoms. The highest BCUT2D eigenvalue weighted by Gasteiger charge is 2.22. The molecule has 0 aliphatic heterocycles. The van der Waals surface area contributed by atoms with Gasteiger partial charge in [-0.2, -0.15) is 0 Å². The average Bonchev–Trinajstić information content (AvgIpc) is 2.69. The topological polar surface area (TPSA) is 166 Å². The van der Waals surface area contributed by atoms with Crippen molar-refractivity contribution in [1.29, 1.82) is 0 Å². The molecule has 158 valence electrons. The average molecular weight is 407 g/mol. The fraction of sp³-hybridized carbons (Fsp3) is 0.389. The molecule has 1 atom stereocenters. The second-order valence-corrected chi connectivity index (χ2v) is 6.01. The van der Waals surface area contributed by atoms with E-state index in [2.05, 4.69) is 26.6 Å². The third-order valence-corrected chi connectivity index (χ3v) is 3.58. The molecule has 6 N–H and O–H groups in total. The maximum absolute atomic E-state index is 12.2. The van der Waals surface area contributed by atoms with Crippen LogP contribution in [0.15, 0.2) is 30.3 Å². The van der Waals surface area contributed by atoms with Gasteiger partial charge in [0.2, 0.25) is 23.6 Å². The number of hydrogen-bond donors (Lipinski definition) is 6. The lowest BCUT2D eigenvalue weighted by Crippen LogP contribution is -2.51. The van der Waals surface area contributed by atoms with Gasteiger partial charge in [-0.15, -0.1) is 0 Å². The van der Waals surface area contributed by atoms with E-state index >= 15 is 0 Å². The van der Waals surface area contributed by atoms with Crippen molar-refractivity contribution in [2.45, 2.75) is 12.5 Å². The Morgan fingerprint density at radius 3 is 2.00 bits per heavy atom. The molecule has 0 heterocycles. The molecule has 0 aliphatic carbocycles. The highest BCUT2D eigenvalue weighted by molar-refractivity contribution is 5.92. The van der Waals surface area contributed by atoms with Crippen LogP contribution in [0.1, 0.15) is 5.56 Å². The minimum atomic E-state index is -1.21. The molecule has 11 nitrogen and oxygen atoms in total. The number of carboxylic acids is 1. The molecule has 1 aromatic rings. The zero-order valence-electron chi connectivity index (χ0n) is 16.0. The Bertz CT molecular complexity index is 725. The highest BCUT2D eigenvalue weighted by Crippen LogP contribution is 2.03. The van der Waals surface area contributed by atoms with Gasteiger partial charge < -0.3 is 31.7 Å². The first kappa shape index (κ1) is 23.6. The number of likely N-dealkylation sites (N-methyl/N-ethyl adjacent to an activating group) is 1. The smallest absolute Gasteiger partial charge is 0.322 e. The van der Waals surface area contributed by atoms with Crippen molar-refractivity contribution < 1.29 is 29.1 Å². The molecule has 0 aromatic heterocycles. The molecule has 0 radical (unpaired) electrons. The Hall–Kier alpha value is -3.47. The lowest BCUT2D eigenvalue weighted by molar-refractivity contribution is -0.138. The Balaban J connectivity index is 2.56.